The first-order chi connectivity index (χ1) is 11.2. The monoisotopic (exact) mass is 307 g/mol. The summed E-state index contributed by atoms with van der Waals surface area (Å²) in [5, 5.41) is 32.3. The first-order valence-electron chi connectivity index (χ1n) is 7.92. The van der Waals surface area contributed by atoms with Gasteiger partial charge in [-0.1, -0.05) is 38.7 Å². The molecule has 0 N–H and O–H groups in total. The molecule has 1 rings (SSSR count). The van der Waals surface area contributed by atoms with Gasteiger partial charge in [0.05, 0.1) is 0 Å². The summed E-state index contributed by atoms with van der Waals surface area (Å²) in [5.41, 5.74) is 0. The van der Waals surface area contributed by atoms with Crippen LogP contribution in [0.25, 0.3) is 0 Å². The summed E-state index contributed by atoms with van der Waals surface area (Å²) < 4.78 is 2.26. The molecule has 0 radical (unpaired) electrons. The quantitative estimate of drug-likeness (QED) is 0.439. The van der Waals surface area contributed by atoms with Gasteiger partial charge in [0.1, 0.15) is 6.54 Å². The van der Waals surface area contributed by atoms with Crippen LogP contribution in [0.2, 0.25) is 0 Å². The number of nitrogens with zero attached hydrogens (tertiary/aromatic N) is 5. The molecule has 0 atom stereocenters. The van der Waals surface area contributed by atoms with Gasteiger partial charge < -0.3 is 0 Å². The van der Waals surface area contributed by atoms with Crippen LogP contribution >= 0.6 is 0 Å². The zero-order valence-corrected chi connectivity index (χ0v) is 13.6. The van der Waals surface area contributed by atoms with Crippen LogP contribution in [0.5, 0.6) is 0 Å². The molecule has 23 heavy (non-hydrogen) atoms. The Kier molecular flexibility index (Phi) is 11.3. The van der Waals surface area contributed by atoms with Crippen LogP contribution < -0.4 is 4.57 Å². The van der Waals surface area contributed by atoms with Crippen LogP contribution in [0, 0.1) is 44.9 Å². The van der Waals surface area contributed by atoms with E-state index in [9.17, 15) is 0 Å². The molecule has 0 aliphatic heterocycles. The van der Waals surface area contributed by atoms with Crippen LogP contribution in [0.4, 0.5) is 0 Å². The molecule has 0 saturated carbocycles. The first kappa shape index (κ1) is 20.2. The van der Waals surface area contributed by atoms with Gasteiger partial charge in [-0.15, -0.1) is 23.9 Å². The van der Waals surface area contributed by atoms with Crippen LogP contribution in [0.3, 0.4) is 0 Å². The maximum Gasteiger partial charge on any atom is 0.383 e. The Morgan fingerprint density at radius 3 is 1.65 bits per heavy atom. The molecule has 1 aromatic heterocycles. The van der Waals surface area contributed by atoms with Crippen LogP contribution in [0.1, 0.15) is 45.4 Å². The van der Waals surface area contributed by atoms with E-state index in [1.54, 1.807) is 0 Å². The molecule has 6 heteroatoms. The van der Waals surface area contributed by atoms with Crippen molar-refractivity contribution in [2.45, 2.75) is 52.0 Å². The lowest BCUT2D eigenvalue weighted by atomic mass is 9.30. The molecular weight excluding hydrogens is 285 g/mol. The minimum absolute atomic E-state index is 1.17. The summed E-state index contributed by atoms with van der Waals surface area (Å²) in [6, 6.07) is 6.26. The minimum Gasteiger partial charge on any atom is -0.245 e. The van der Waals surface area contributed by atoms with Crippen molar-refractivity contribution in [2.24, 2.45) is 0 Å². The fraction of sp³-hybridized carbons (Fsp3) is 0.471. The van der Waals surface area contributed by atoms with Crippen molar-refractivity contribution in [1.82, 2.24) is 0 Å². The second-order valence-corrected chi connectivity index (χ2v) is 5.26. The van der Waals surface area contributed by atoms with E-state index in [1.807, 2.05) is 0 Å². The lowest BCUT2D eigenvalue weighted by Crippen LogP contribution is -2.32. The molecule has 0 aliphatic carbocycles. The summed E-state index contributed by atoms with van der Waals surface area (Å²) in [6.07, 6.45) is 9.82. The molecule has 0 amide bonds. The number of aromatic nitrogens is 1. The summed E-state index contributed by atoms with van der Waals surface area (Å²) in [6.45, 7) is 3.44. The molecule has 1 aromatic rings. The second kappa shape index (κ2) is 12.9. The van der Waals surface area contributed by atoms with E-state index in [4.69, 9.17) is 21.0 Å². The molecule has 0 spiro atoms. The second-order valence-electron chi connectivity index (χ2n) is 5.26. The molecular formula is C17H22BN5. The average Bonchev–Trinajstić information content (AvgIpc) is 2.62. The summed E-state index contributed by atoms with van der Waals surface area (Å²) in [7, 11) is 0. The molecule has 0 bridgehead atoms. The van der Waals surface area contributed by atoms with E-state index < -0.39 is 6.15 Å². The third-order valence-corrected chi connectivity index (χ3v) is 3.32. The molecule has 118 valence electrons. The Hall–Kier alpha value is -2.83. The van der Waals surface area contributed by atoms with E-state index >= 15 is 0 Å². The van der Waals surface area contributed by atoms with E-state index in [1.165, 1.54) is 68.9 Å². The highest BCUT2D eigenvalue weighted by Gasteiger charge is 2.22. The van der Waals surface area contributed by atoms with Gasteiger partial charge in [-0.2, -0.15) is 0 Å². The van der Waals surface area contributed by atoms with Gasteiger partial charge in [-0.3, -0.25) is 0 Å². The van der Waals surface area contributed by atoms with Crippen molar-refractivity contribution in [3.05, 3.63) is 30.6 Å². The van der Waals surface area contributed by atoms with E-state index in [2.05, 4.69) is 42.1 Å². The molecule has 0 unspecified atom stereocenters. The van der Waals surface area contributed by atoms with Crippen molar-refractivity contribution >= 4 is 6.15 Å². The molecule has 5 nitrogen and oxygen atoms in total. The topological polar surface area (TPSA) is 99.0 Å². The van der Waals surface area contributed by atoms with Crippen molar-refractivity contribution in [3.63, 3.8) is 0 Å². The highest BCUT2D eigenvalue weighted by Crippen LogP contribution is 2.04. The third kappa shape index (κ3) is 8.92. The number of rotatable bonds is 7. The Bertz CT molecular complexity index is 540. The van der Waals surface area contributed by atoms with Crippen molar-refractivity contribution in [3.8, 4) is 23.9 Å². The van der Waals surface area contributed by atoms with Gasteiger partial charge in [0, 0.05) is 18.6 Å². The predicted octanol–water partition coefficient (Wildman–Crippen LogP) is 3.02. The van der Waals surface area contributed by atoms with Gasteiger partial charge in [-0.05, 0) is 6.42 Å². The zero-order valence-electron chi connectivity index (χ0n) is 13.6. The Morgan fingerprint density at radius 1 is 0.739 bits per heavy atom. The minimum atomic E-state index is -2.72. The fourth-order valence-corrected chi connectivity index (χ4v) is 1.83. The Morgan fingerprint density at radius 2 is 1.22 bits per heavy atom. The Labute approximate surface area is 138 Å². The van der Waals surface area contributed by atoms with Crippen molar-refractivity contribution in [1.29, 1.82) is 21.0 Å². The number of hydrogen-bond donors (Lipinski definition) is 0. The third-order valence-electron chi connectivity index (χ3n) is 3.32. The van der Waals surface area contributed by atoms with Crippen LogP contribution in [-0.2, 0) is 6.54 Å². The number of unbranched alkanes of at least 4 members (excludes halogenated alkanes) is 5. The van der Waals surface area contributed by atoms with Crippen molar-refractivity contribution < 1.29 is 4.57 Å². The lowest BCUT2D eigenvalue weighted by Gasteiger charge is -1.98. The standard InChI is InChI=1S/C13H22N.C4BN4/c1-2-3-4-5-6-8-11-14-12-9-7-10-13-14;6-1-5(2-7,3-8)4-9/h7,9-10,12-13H,2-6,8,11H2,1H3;/q+1;-1. The zero-order chi connectivity index (χ0) is 17.4. The van der Waals surface area contributed by atoms with E-state index in [0.29, 0.717) is 0 Å². The summed E-state index contributed by atoms with van der Waals surface area (Å²) >= 11 is 0. The van der Waals surface area contributed by atoms with Crippen LogP contribution in [-0.4, -0.2) is 6.15 Å². The predicted molar refractivity (Wildman–Crippen MR) is 88.2 cm³/mol. The Balaban J connectivity index is 0.000000468. The highest BCUT2D eigenvalue weighted by atomic mass is 14.9. The molecule has 0 fully saturated rings. The van der Waals surface area contributed by atoms with Gasteiger partial charge in [0.2, 0.25) is 0 Å². The maximum absolute atomic E-state index is 8.09. The molecule has 1 heterocycles. The summed E-state index contributed by atoms with van der Waals surface area (Å²) in [5.74, 6) is 5.38. The smallest absolute Gasteiger partial charge is 0.245 e. The normalized spacial score (nSPS) is 9.26. The summed E-state index contributed by atoms with van der Waals surface area (Å²) in [4.78, 5) is 0. The van der Waals surface area contributed by atoms with Gasteiger partial charge in [0.25, 0.3) is 0 Å². The fourth-order valence-electron chi connectivity index (χ4n) is 1.83. The SMILES string of the molecule is CCCCCCCC[n+]1ccccc1.N#C[B-](C#N)(C#N)C#N. The largest absolute Gasteiger partial charge is 0.383 e. The molecule has 0 aliphatic rings. The van der Waals surface area contributed by atoms with Crippen molar-refractivity contribution in [2.75, 3.05) is 0 Å². The highest BCUT2D eigenvalue weighted by molar-refractivity contribution is 7.05. The average molecular weight is 307 g/mol. The number of aryl methyl sites for hydroxylation is 1. The number of hydrogen-bond acceptors (Lipinski definition) is 4. The van der Waals surface area contributed by atoms with Gasteiger partial charge >= 0.3 is 6.15 Å². The first-order valence-corrected chi connectivity index (χ1v) is 7.92. The number of pyridine rings is 1. The number of nitriles is 4. The van der Waals surface area contributed by atoms with E-state index in [0.717, 1.165) is 0 Å². The van der Waals surface area contributed by atoms with Gasteiger partial charge in [0.15, 0.2) is 12.4 Å². The van der Waals surface area contributed by atoms with Gasteiger partial charge in [-0.25, -0.2) is 25.6 Å². The molecule has 0 aromatic carbocycles. The van der Waals surface area contributed by atoms with Crippen LogP contribution in [0.15, 0.2) is 30.6 Å². The maximum atomic E-state index is 8.09. The van der Waals surface area contributed by atoms with E-state index in [-0.39, 0.29) is 0 Å². The lowest BCUT2D eigenvalue weighted by molar-refractivity contribution is -0.697. The molecule has 0 saturated heterocycles.